The normalized spacial score (nSPS) is 12.1. The highest BCUT2D eigenvalue weighted by molar-refractivity contribution is 5.79. The molecule has 3 aromatic carbocycles. The van der Waals surface area contributed by atoms with Crippen molar-refractivity contribution in [3.8, 4) is 22.9 Å². The second-order valence-electron chi connectivity index (χ2n) is 7.17. The molecule has 0 spiro atoms. The van der Waals surface area contributed by atoms with Gasteiger partial charge in [-0.3, -0.25) is 0 Å². The summed E-state index contributed by atoms with van der Waals surface area (Å²) in [6, 6.07) is 23.8. The number of benzene rings is 3. The first-order valence-corrected chi connectivity index (χ1v) is 10.0. The quantitative estimate of drug-likeness (QED) is 0.612. The van der Waals surface area contributed by atoms with Gasteiger partial charge in [-0.1, -0.05) is 60.7 Å². The van der Waals surface area contributed by atoms with Crippen LogP contribution in [0.5, 0.6) is 5.75 Å². The van der Waals surface area contributed by atoms with E-state index in [0.29, 0.717) is 17.9 Å². The summed E-state index contributed by atoms with van der Waals surface area (Å²) in [6.07, 6.45) is 3.08. The third-order valence-corrected chi connectivity index (χ3v) is 5.38. The molecule has 5 nitrogen and oxygen atoms in total. The Morgan fingerprint density at radius 2 is 1.74 bits per heavy atom. The number of methoxy groups -OCH3 is 1. The zero-order chi connectivity index (χ0) is 21.6. The minimum Gasteiger partial charge on any atom is -0.497 e. The minimum atomic E-state index is -0.474. The molecule has 1 aliphatic carbocycles. The molecule has 0 aliphatic heterocycles. The first-order valence-electron chi connectivity index (χ1n) is 10.0. The Morgan fingerprint density at radius 3 is 2.39 bits per heavy atom. The lowest BCUT2D eigenvalue weighted by Gasteiger charge is -2.14. The van der Waals surface area contributed by atoms with Gasteiger partial charge in [0.25, 0.3) is 0 Å². The zero-order valence-corrected chi connectivity index (χ0v) is 17.2. The maximum atomic E-state index is 12.2. The molecule has 0 aromatic heterocycles. The summed E-state index contributed by atoms with van der Waals surface area (Å²) in [5.74, 6) is 0.701. The van der Waals surface area contributed by atoms with Crippen molar-refractivity contribution in [3.63, 3.8) is 0 Å². The van der Waals surface area contributed by atoms with E-state index in [-0.39, 0.29) is 12.5 Å². The maximum absolute atomic E-state index is 12.2. The number of nitriles is 1. The van der Waals surface area contributed by atoms with Crippen LogP contribution < -0.4 is 10.1 Å². The Bertz CT molecular complexity index is 1130. The predicted octanol–water partition coefficient (Wildman–Crippen LogP) is 5.12. The Morgan fingerprint density at radius 1 is 1.06 bits per heavy atom. The Labute approximate surface area is 181 Å². The van der Waals surface area contributed by atoms with E-state index in [4.69, 9.17) is 9.47 Å². The first-order chi connectivity index (χ1) is 15.2. The molecule has 4 rings (SSSR count). The first kappa shape index (κ1) is 20.2. The number of ether oxygens (including phenoxy) is 2. The van der Waals surface area contributed by atoms with E-state index >= 15 is 0 Å². The molecular formula is C26H22N2O3. The van der Waals surface area contributed by atoms with E-state index in [2.05, 4.69) is 35.7 Å². The van der Waals surface area contributed by atoms with Gasteiger partial charge in [0.15, 0.2) is 0 Å². The van der Waals surface area contributed by atoms with Crippen LogP contribution >= 0.6 is 0 Å². The van der Waals surface area contributed by atoms with Crippen LogP contribution in [0.2, 0.25) is 0 Å². The lowest BCUT2D eigenvalue weighted by Crippen LogP contribution is -2.26. The van der Waals surface area contributed by atoms with Crippen molar-refractivity contribution in [3.05, 3.63) is 95.1 Å². The molecule has 0 radical (unpaired) electrons. The number of hydrogen-bond donors (Lipinski definition) is 1. The van der Waals surface area contributed by atoms with Crippen molar-refractivity contribution in [2.45, 2.75) is 5.92 Å². The molecule has 0 atom stereocenters. The lowest BCUT2D eigenvalue weighted by molar-refractivity contribution is 0.144. The molecule has 0 heterocycles. The summed E-state index contributed by atoms with van der Waals surface area (Å²) in [5, 5.41) is 12.0. The van der Waals surface area contributed by atoms with E-state index in [1.807, 2.05) is 24.3 Å². The molecule has 0 saturated heterocycles. The van der Waals surface area contributed by atoms with Crippen LogP contribution in [0.15, 0.2) is 72.8 Å². The maximum Gasteiger partial charge on any atom is 0.407 e. The number of fused-ring (bicyclic) bond motifs is 3. The van der Waals surface area contributed by atoms with Gasteiger partial charge < -0.3 is 14.8 Å². The smallest absolute Gasteiger partial charge is 0.407 e. The summed E-state index contributed by atoms with van der Waals surface area (Å²) < 4.78 is 10.7. The summed E-state index contributed by atoms with van der Waals surface area (Å²) >= 11 is 0. The van der Waals surface area contributed by atoms with E-state index in [9.17, 15) is 10.1 Å². The molecule has 1 amide bonds. The minimum absolute atomic E-state index is 0.0312. The molecule has 1 aliphatic rings. The monoisotopic (exact) mass is 410 g/mol. The standard InChI is InChI=1S/C26H22N2O3/c1-30-20-13-12-19(16-27)18(15-20)7-6-14-28-26(29)31-17-25-23-10-4-2-8-21(23)22-9-3-5-11-24(22)25/h2-13,15,25H,14,17H2,1H3,(H,28,29). The molecule has 0 bridgehead atoms. The van der Waals surface area contributed by atoms with Crippen molar-refractivity contribution < 1.29 is 14.3 Å². The van der Waals surface area contributed by atoms with E-state index in [0.717, 1.165) is 5.56 Å². The van der Waals surface area contributed by atoms with Gasteiger partial charge in [-0.05, 0) is 46.0 Å². The molecule has 31 heavy (non-hydrogen) atoms. The van der Waals surface area contributed by atoms with Gasteiger partial charge in [0.2, 0.25) is 0 Å². The summed E-state index contributed by atoms with van der Waals surface area (Å²) in [6.45, 7) is 0.566. The number of nitrogens with one attached hydrogen (secondary N) is 1. The van der Waals surface area contributed by atoms with Crippen molar-refractivity contribution in [2.24, 2.45) is 0 Å². The Kier molecular flexibility index (Phi) is 6.00. The third kappa shape index (κ3) is 4.29. The number of carbonyl (C=O) groups excluding carboxylic acids is 1. The van der Waals surface area contributed by atoms with Gasteiger partial charge in [0, 0.05) is 12.5 Å². The van der Waals surface area contributed by atoms with E-state index < -0.39 is 6.09 Å². The molecule has 1 N–H and O–H groups in total. The highest BCUT2D eigenvalue weighted by atomic mass is 16.5. The molecule has 5 heteroatoms. The highest BCUT2D eigenvalue weighted by Gasteiger charge is 2.28. The number of carbonyl (C=O) groups is 1. The number of hydrogen-bond acceptors (Lipinski definition) is 4. The fourth-order valence-corrected chi connectivity index (χ4v) is 3.89. The fraction of sp³-hybridized carbons (Fsp3) is 0.154. The van der Waals surface area contributed by atoms with Gasteiger partial charge in [0.05, 0.1) is 18.7 Å². The van der Waals surface area contributed by atoms with Crippen molar-refractivity contribution in [2.75, 3.05) is 20.3 Å². The number of rotatable bonds is 6. The van der Waals surface area contributed by atoms with Crippen LogP contribution in [0.25, 0.3) is 17.2 Å². The van der Waals surface area contributed by atoms with Crippen LogP contribution in [0.4, 0.5) is 4.79 Å². The molecular weight excluding hydrogens is 388 g/mol. The van der Waals surface area contributed by atoms with E-state index in [1.165, 1.54) is 22.3 Å². The second kappa shape index (κ2) is 9.19. The van der Waals surface area contributed by atoms with Crippen molar-refractivity contribution >= 4 is 12.2 Å². The zero-order valence-electron chi connectivity index (χ0n) is 17.2. The molecule has 3 aromatic rings. The highest BCUT2D eigenvalue weighted by Crippen LogP contribution is 2.44. The van der Waals surface area contributed by atoms with Crippen LogP contribution in [0, 0.1) is 11.3 Å². The SMILES string of the molecule is COc1ccc(C#N)c(C=CCNC(=O)OCC2c3ccccc3-c3ccccc32)c1. The van der Waals surface area contributed by atoms with Crippen LogP contribution in [-0.2, 0) is 4.74 Å². The number of amides is 1. The summed E-state index contributed by atoms with van der Waals surface area (Å²) in [7, 11) is 1.58. The molecule has 0 saturated carbocycles. The Balaban J connectivity index is 1.35. The third-order valence-electron chi connectivity index (χ3n) is 5.38. The molecule has 154 valence electrons. The molecule has 0 unspecified atom stereocenters. The molecule has 0 fully saturated rings. The number of alkyl carbamates (subject to hydrolysis) is 1. The topological polar surface area (TPSA) is 71.3 Å². The summed E-state index contributed by atoms with van der Waals surface area (Å²) in [5.41, 5.74) is 6.02. The van der Waals surface area contributed by atoms with Gasteiger partial charge in [-0.15, -0.1) is 0 Å². The van der Waals surface area contributed by atoms with Crippen LogP contribution in [0.1, 0.15) is 28.2 Å². The number of nitrogens with zero attached hydrogens (tertiary/aromatic N) is 1. The van der Waals surface area contributed by atoms with Crippen molar-refractivity contribution in [1.82, 2.24) is 5.32 Å². The predicted molar refractivity (Wildman–Crippen MR) is 120 cm³/mol. The second-order valence-corrected chi connectivity index (χ2v) is 7.17. The summed E-state index contributed by atoms with van der Waals surface area (Å²) in [4.78, 5) is 12.2. The van der Waals surface area contributed by atoms with E-state index in [1.54, 1.807) is 37.5 Å². The Hall–Kier alpha value is -4.04. The lowest BCUT2D eigenvalue weighted by atomic mass is 9.98. The van der Waals surface area contributed by atoms with Gasteiger partial charge in [0.1, 0.15) is 12.4 Å². The van der Waals surface area contributed by atoms with Gasteiger partial charge in [-0.2, -0.15) is 5.26 Å². The largest absolute Gasteiger partial charge is 0.497 e. The van der Waals surface area contributed by atoms with Crippen molar-refractivity contribution in [1.29, 1.82) is 5.26 Å². The van der Waals surface area contributed by atoms with Crippen LogP contribution in [-0.4, -0.2) is 26.4 Å². The van der Waals surface area contributed by atoms with Gasteiger partial charge in [-0.25, -0.2) is 4.79 Å². The average molecular weight is 410 g/mol. The fourth-order valence-electron chi connectivity index (χ4n) is 3.89. The average Bonchev–Trinajstić information content (AvgIpc) is 3.14. The van der Waals surface area contributed by atoms with Crippen LogP contribution in [0.3, 0.4) is 0 Å². The van der Waals surface area contributed by atoms with Gasteiger partial charge >= 0.3 is 6.09 Å².